The van der Waals surface area contributed by atoms with E-state index in [0.717, 1.165) is 0 Å². The van der Waals surface area contributed by atoms with E-state index in [2.05, 4.69) is 0 Å². The second kappa shape index (κ2) is 7.78. The lowest BCUT2D eigenvalue weighted by Crippen LogP contribution is -2.42. The Hall–Kier alpha value is -1.63. The van der Waals surface area contributed by atoms with Crippen molar-refractivity contribution in [2.45, 2.75) is 37.1 Å². The molecule has 1 aliphatic heterocycles. The first-order valence-corrected chi connectivity index (χ1v) is 9.80. The first kappa shape index (κ1) is 20.1. The van der Waals surface area contributed by atoms with Crippen LogP contribution in [0.4, 0.5) is 5.69 Å². The molecule has 1 saturated heterocycles. The summed E-state index contributed by atoms with van der Waals surface area (Å²) in [6.45, 7) is 5.49. The lowest BCUT2D eigenvalue weighted by molar-refractivity contribution is -0.122. The van der Waals surface area contributed by atoms with Crippen LogP contribution in [0.1, 0.15) is 37.0 Å². The number of ether oxygens (including phenoxy) is 1. The van der Waals surface area contributed by atoms with E-state index in [1.165, 1.54) is 4.90 Å². The summed E-state index contributed by atoms with van der Waals surface area (Å²) in [5.41, 5.74) is 0.799. The number of amides is 2. The molecule has 0 radical (unpaired) electrons. The van der Waals surface area contributed by atoms with E-state index in [9.17, 15) is 14.4 Å². The average molecular weight is 413 g/mol. The zero-order valence-corrected chi connectivity index (χ0v) is 16.8. The number of carbonyl (C=O) groups excluding carboxylic acids is 3. The summed E-state index contributed by atoms with van der Waals surface area (Å²) in [6, 6.07) is 5.83. The number of anilines is 1. The molecule has 146 valence electrons. The maximum absolute atomic E-state index is 12.7. The Morgan fingerprint density at radius 1 is 1.22 bits per heavy atom. The molecule has 8 heteroatoms. The number of esters is 1. The predicted octanol–water partition coefficient (Wildman–Crippen LogP) is 3.01. The Kier molecular flexibility index (Phi) is 5.79. The van der Waals surface area contributed by atoms with Crippen molar-refractivity contribution in [2.24, 2.45) is 5.92 Å². The Morgan fingerprint density at radius 3 is 2.33 bits per heavy atom. The second-order valence-electron chi connectivity index (χ2n) is 6.82. The molecule has 2 amide bonds. The first-order chi connectivity index (χ1) is 12.8. The maximum atomic E-state index is 12.7. The normalized spacial score (nSPS) is 23.8. The molecule has 1 saturated carbocycles. The molecule has 6 nitrogen and oxygen atoms in total. The number of hydrogen-bond donors (Lipinski definition) is 0. The Morgan fingerprint density at radius 2 is 1.81 bits per heavy atom. The van der Waals surface area contributed by atoms with Crippen LogP contribution in [0.2, 0.25) is 0 Å². The van der Waals surface area contributed by atoms with Crippen LogP contribution in [0.25, 0.3) is 0 Å². The van der Waals surface area contributed by atoms with Gasteiger partial charge in [0, 0.05) is 5.92 Å². The van der Waals surface area contributed by atoms with Gasteiger partial charge in [0.05, 0.1) is 30.3 Å². The van der Waals surface area contributed by atoms with E-state index >= 15 is 0 Å². The third-order valence-corrected chi connectivity index (χ3v) is 6.03. The van der Waals surface area contributed by atoms with Crippen LogP contribution in [-0.2, 0) is 14.3 Å². The lowest BCUT2D eigenvalue weighted by atomic mass is 10.2. The van der Waals surface area contributed by atoms with Gasteiger partial charge in [-0.3, -0.25) is 14.5 Å². The highest BCUT2D eigenvalue weighted by Crippen LogP contribution is 2.53. The van der Waals surface area contributed by atoms with Crippen LogP contribution >= 0.6 is 23.2 Å². The molecule has 2 unspecified atom stereocenters. The van der Waals surface area contributed by atoms with Crippen molar-refractivity contribution in [1.82, 2.24) is 4.90 Å². The van der Waals surface area contributed by atoms with Crippen LogP contribution in [0.5, 0.6) is 0 Å². The standard InChI is InChI=1S/C19H22Cl2N2O4/c1-3-22(4-2)15-9-16(24)23(17(15)25)14-7-5-12(6-8-14)18(26)27-11-13-10-19(13,20)21/h5-8,13,15H,3-4,9-11H2,1-2H3. The molecule has 1 aliphatic carbocycles. The van der Waals surface area contributed by atoms with Gasteiger partial charge >= 0.3 is 5.97 Å². The summed E-state index contributed by atoms with van der Waals surface area (Å²) in [5.74, 6) is -0.992. The van der Waals surface area contributed by atoms with E-state index in [-0.39, 0.29) is 30.8 Å². The molecule has 1 aromatic rings. The fourth-order valence-electron chi connectivity index (χ4n) is 3.29. The fourth-order valence-corrected chi connectivity index (χ4v) is 3.79. The van der Waals surface area contributed by atoms with E-state index < -0.39 is 16.3 Å². The number of nitrogens with zero attached hydrogens (tertiary/aromatic N) is 2. The zero-order chi connectivity index (χ0) is 19.8. The van der Waals surface area contributed by atoms with Crippen molar-refractivity contribution in [1.29, 1.82) is 0 Å². The van der Waals surface area contributed by atoms with Crippen molar-refractivity contribution in [3.05, 3.63) is 29.8 Å². The smallest absolute Gasteiger partial charge is 0.338 e. The maximum Gasteiger partial charge on any atom is 0.338 e. The summed E-state index contributed by atoms with van der Waals surface area (Å²) in [4.78, 5) is 40.3. The lowest BCUT2D eigenvalue weighted by Gasteiger charge is -2.24. The minimum Gasteiger partial charge on any atom is -0.462 e. The molecule has 0 aromatic heterocycles. The van der Waals surface area contributed by atoms with Gasteiger partial charge in [-0.1, -0.05) is 13.8 Å². The number of benzene rings is 1. The highest BCUT2D eigenvalue weighted by Gasteiger charge is 2.52. The number of halogens is 2. The van der Waals surface area contributed by atoms with Crippen molar-refractivity contribution in [2.75, 3.05) is 24.6 Å². The van der Waals surface area contributed by atoms with Gasteiger partial charge in [-0.05, 0) is 43.8 Å². The molecule has 2 fully saturated rings. The zero-order valence-electron chi connectivity index (χ0n) is 15.3. The van der Waals surface area contributed by atoms with Gasteiger partial charge in [-0.15, -0.1) is 23.2 Å². The van der Waals surface area contributed by atoms with Gasteiger partial charge in [0.2, 0.25) is 5.91 Å². The van der Waals surface area contributed by atoms with Crippen LogP contribution in [-0.4, -0.2) is 52.8 Å². The van der Waals surface area contributed by atoms with E-state index in [4.69, 9.17) is 27.9 Å². The van der Waals surface area contributed by atoms with Gasteiger partial charge in [0.15, 0.2) is 0 Å². The Labute approximate surface area is 168 Å². The number of carbonyl (C=O) groups is 3. The number of hydrogen-bond acceptors (Lipinski definition) is 5. The first-order valence-electron chi connectivity index (χ1n) is 9.04. The molecule has 2 aliphatic rings. The van der Waals surface area contributed by atoms with Crippen LogP contribution in [0, 0.1) is 5.92 Å². The molecule has 1 aromatic carbocycles. The summed E-state index contributed by atoms with van der Waals surface area (Å²) in [5, 5.41) is 0. The average Bonchev–Trinajstić information content (AvgIpc) is 3.15. The van der Waals surface area contributed by atoms with Crippen LogP contribution < -0.4 is 4.90 Å². The molecule has 3 rings (SSSR count). The highest BCUT2D eigenvalue weighted by atomic mass is 35.5. The third kappa shape index (κ3) is 4.13. The molecular formula is C19H22Cl2N2O4. The van der Waals surface area contributed by atoms with Gasteiger partial charge in [-0.25, -0.2) is 9.69 Å². The SMILES string of the molecule is CCN(CC)C1CC(=O)N(c2ccc(C(=O)OCC3CC3(Cl)Cl)cc2)C1=O. The predicted molar refractivity (Wildman–Crippen MR) is 103 cm³/mol. The summed E-state index contributed by atoms with van der Waals surface area (Å²) < 4.78 is 4.42. The van der Waals surface area contributed by atoms with E-state index in [1.54, 1.807) is 24.3 Å². The number of rotatable bonds is 7. The molecule has 1 heterocycles. The van der Waals surface area contributed by atoms with Crippen LogP contribution in [0.3, 0.4) is 0 Å². The molecule has 0 N–H and O–H groups in total. The molecule has 2 atom stereocenters. The minimum atomic E-state index is -0.790. The Bertz CT molecular complexity index is 747. The van der Waals surface area contributed by atoms with E-state index in [1.807, 2.05) is 18.7 Å². The number of imide groups is 1. The van der Waals surface area contributed by atoms with Gasteiger partial charge in [-0.2, -0.15) is 0 Å². The number of alkyl halides is 2. The summed E-state index contributed by atoms with van der Waals surface area (Å²) in [7, 11) is 0. The van der Waals surface area contributed by atoms with E-state index in [0.29, 0.717) is 30.8 Å². The summed E-state index contributed by atoms with van der Waals surface area (Å²) >= 11 is 11.8. The summed E-state index contributed by atoms with van der Waals surface area (Å²) in [6.07, 6.45) is 0.777. The molecular weight excluding hydrogens is 391 g/mol. The van der Waals surface area contributed by atoms with Gasteiger partial charge in [0.1, 0.15) is 4.33 Å². The monoisotopic (exact) mass is 412 g/mol. The van der Waals surface area contributed by atoms with Crippen molar-refractivity contribution in [3.8, 4) is 0 Å². The molecule has 0 bridgehead atoms. The quantitative estimate of drug-likeness (QED) is 0.391. The third-order valence-electron chi connectivity index (χ3n) is 5.11. The molecule has 27 heavy (non-hydrogen) atoms. The van der Waals surface area contributed by atoms with Gasteiger partial charge < -0.3 is 4.74 Å². The minimum absolute atomic E-state index is 0.0408. The van der Waals surface area contributed by atoms with Gasteiger partial charge in [0.25, 0.3) is 5.91 Å². The Balaban J connectivity index is 1.65. The van der Waals surface area contributed by atoms with Crippen molar-refractivity contribution >= 4 is 46.7 Å². The largest absolute Gasteiger partial charge is 0.462 e. The highest BCUT2D eigenvalue weighted by molar-refractivity contribution is 6.50. The van der Waals surface area contributed by atoms with Crippen molar-refractivity contribution < 1.29 is 19.1 Å². The van der Waals surface area contributed by atoms with Crippen molar-refractivity contribution in [3.63, 3.8) is 0 Å². The second-order valence-corrected chi connectivity index (χ2v) is 8.36. The topological polar surface area (TPSA) is 66.9 Å². The number of likely N-dealkylation sites (N-methyl/N-ethyl adjacent to an activating group) is 1. The molecule has 0 spiro atoms. The van der Waals surface area contributed by atoms with Crippen LogP contribution in [0.15, 0.2) is 24.3 Å². The fraction of sp³-hybridized carbons (Fsp3) is 0.526.